The molecule has 0 saturated carbocycles. The zero-order valence-corrected chi connectivity index (χ0v) is 18.9. The topological polar surface area (TPSA) is 105 Å². The van der Waals surface area contributed by atoms with Crippen molar-refractivity contribution in [3.63, 3.8) is 0 Å². The van der Waals surface area contributed by atoms with E-state index in [1.165, 1.54) is 24.3 Å². The van der Waals surface area contributed by atoms with E-state index >= 15 is 0 Å². The van der Waals surface area contributed by atoms with Crippen molar-refractivity contribution in [2.75, 3.05) is 13.2 Å². The number of benzene rings is 2. The predicted octanol–water partition coefficient (Wildman–Crippen LogP) is 7.09. The van der Waals surface area contributed by atoms with Gasteiger partial charge in [-0.1, -0.05) is 52.4 Å². The average molecular weight is 445 g/mol. The molecule has 0 aromatic heterocycles. The number of rotatable bonds is 15. The number of nitrogens with zero attached hydrogens (tertiary/aromatic N) is 2. The van der Waals surface area contributed by atoms with E-state index in [0.717, 1.165) is 51.4 Å². The standard InChI is InChI=1S/C24H32N2O6/c1-3-5-7-9-15-31-23-13-11-19(25(27)28)17-21(23)22-18-20(26(29)30)12-14-24(22)32-16-10-8-6-4-2/h11-14,17-18H,3-10,15-16H2,1-2H3. The van der Waals surface area contributed by atoms with Crippen molar-refractivity contribution < 1.29 is 19.3 Å². The number of nitro benzene ring substituents is 2. The fourth-order valence-electron chi connectivity index (χ4n) is 3.36. The molecule has 32 heavy (non-hydrogen) atoms. The summed E-state index contributed by atoms with van der Waals surface area (Å²) in [6.45, 7) is 5.18. The molecule has 0 fully saturated rings. The highest BCUT2D eigenvalue weighted by molar-refractivity contribution is 5.79. The third kappa shape index (κ3) is 7.51. The molecule has 0 aliphatic heterocycles. The third-order valence-corrected chi connectivity index (χ3v) is 5.15. The van der Waals surface area contributed by atoms with Gasteiger partial charge in [-0.3, -0.25) is 20.2 Å². The Morgan fingerprint density at radius 1 is 0.656 bits per heavy atom. The second-order valence-electron chi connectivity index (χ2n) is 7.69. The Kier molecular flexibility index (Phi) is 10.4. The van der Waals surface area contributed by atoms with Gasteiger partial charge in [0.15, 0.2) is 0 Å². The fourth-order valence-corrected chi connectivity index (χ4v) is 3.36. The van der Waals surface area contributed by atoms with Gasteiger partial charge in [-0.15, -0.1) is 0 Å². The maximum atomic E-state index is 11.4. The van der Waals surface area contributed by atoms with Crippen molar-refractivity contribution in [3.05, 3.63) is 56.6 Å². The molecule has 0 spiro atoms. The van der Waals surface area contributed by atoms with Crippen LogP contribution in [0.1, 0.15) is 65.2 Å². The summed E-state index contributed by atoms with van der Waals surface area (Å²) in [5, 5.41) is 22.8. The highest BCUT2D eigenvalue weighted by Gasteiger charge is 2.20. The summed E-state index contributed by atoms with van der Waals surface area (Å²) in [5.74, 6) is 0.895. The molecule has 0 aliphatic carbocycles. The van der Waals surface area contributed by atoms with Crippen LogP contribution < -0.4 is 9.47 Å². The van der Waals surface area contributed by atoms with Gasteiger partial charge in [-0.05, 0) is 25.0 Å². The van der Waals surface area contributed by atoms with Crippen LogP contribution in [0.2, 0.25) is 0 Å². The molecular formula is C24H32N2O6. The third-order valence-electron chi connectivity index (χ3n) is 5.15. The number of ether oxygens (including phenoxy) is 2. The Balaban J connectivity index is 2.39. The highest BCUT2D eigenvalue weighted by Crippen LogP contribution is 2.40. The lowest BCUT2D eigenvalue weighted by atomic mass is 10.0. The van der Waals surface area contributed by atoms with Gasteiger partial charge in [0.25, 0.3) is 11.4 Å². The van der Waals surface area contributed by atoms with Crippen LogP contribution >= 0.6 is 0 Å². The van der Waals surface area contributed by atoms with E-state index in [9.17, 15) is 20.2 Å². The Morgan fingerprint density at radius 2 is 1.06 bits per heavy atom. The maximum absolute atomic E-state index is 11.4. The number of non-ortho nitro benzene ring substituents is 2. The zero-order chi connectivity index (χ0) is 23.3. The van der Waals surface area contributed by atoms with Crippen LogP contribution in [0, 0.1) is 20.2 Å². The van der Waals surface area contributed by atoms with Crippen molar-refractivity contribution in [1.29, 1.82) is 0 Å². The molecule has 0 heterocycles. The van der Waals surface area contributed by atoms with E-state index < -0.39 is 9.85 Å². The first-order valence-electron chi connectivity index (χ1n) is 11.3. The van der Waals surface area contributed by atoms with Gasteiger partial charge >= 0.3 is 0 Å². The molecule has 0 N–H and O–H groups in total. The van der Waals surface area contributed by atoms with E-state index in [0.29, 0.717) is 35.8 Å². The minimum Gasteiger partial charge on any atom is -0.493 e. The summed E-state index contributed by atoms with van der Waals surface area (Å²) in [4.78, 5) is 21.8. The Morgan fingerprint density at radius 3 is 1.41 bits per heavy atom. The molecule has 0 atom stereocenters. The van der Waals surface area contributed by atoms with Crippen molar-refractivity contribution in [2.45, 2.75) is 65.2 Å². The Bertz CT molecular complexity index is 827. The second-order valence-corrected chi connectivity index (χ2v) is 7.69. The maximum Gasteiger partial charge on any atom is 0.270 e. The second kappa shape index (κ2) is 13.3. The molecule has 0 bridgehead atoms. The van der Waals surface area contributed by atoms with Crippen LogP contribution in [0.25, 0.3) is 11.1 Å². The van der Waals surface area contributed by atoms with Crippen LogP contribution in [-0.4, -0.2) is 23.1 Å². The Labute approximate surface area is 188 Å². The predicted molar refractivity (Wildman–Crippen MR) is 124 cm³/mol. The van der Waals surface area contributed by atoms with Gasteiger partial charge in [-0.2, -0.15) is 0 Å². The number of unbranched alkanes of at least 4 members (excludes halogenated alkanes) is 6. The van der Waals surface area contributed by atoms with Crippen molar-refractivity contribution in [1.82, 2.24) is 0 Å². The van der Waals surface area contributed by atoms with E-state index in [1.807, 2.05) is 0 Å². The van der Waals surface area contributed by atoms with Crippen LogP contribution in [-0.2, 0) is 0 Å². The lowest BCUT2D eigenvalue weighted by Crippen LogP contribution is -2.03. The summed E-state index contributed by atoms with van der Waals surface area (Å²) in [7, 11) is 0. The van der Waals surface area contributed by atoms with Crippen LogP contribution in [0.15, 0.2) is 36.4 Å². The van der Waals surface area contributed by atoms with Gasteiger partial charge in [0.1, 0.15) is 11.5 Å². The van der Waals surface area contributed by atoms with Gasteiger partial charge in [0.2, 0.25) is 0 Å². The zero-order valence-electron chi connectivity index (χ0n) is 18.9. The summed E-state index contributed by atoms with van der Waals surface area (Å²) in [5.41, 5.74) is 0.612. The van der Waals surface area contributed by atoms with E-state index in [1.54, 1.807) is 12.1 Å². The molecule has 0 amide bonds. The van der Waals surface area contributed by atoms with Crippen LogP contribution in [0.4, 0.5) is 11.4 Å². The fraction of sp³-hybridized carbons (Fsp3) is 0.500. The molecule has 0 saturated heterocycles. The van der Waals surface area contributed by atoms with Crippen molar-refractivity contribution >= 4 is 11.4 Å². The summed E-state index contributed by atoms with van der Waals surface area (Å²) in [6.07, 6.45) is 8.21. The van der Waals surface area contributed by atoms with Gasteiger partial charge in [0, 0.05) is 35.4 Å². The molecular weight excluding hydrogens is 412 g/mol. The molecule has 2 aromatic carbocycles. The molecule has 8 nitrogen and oxygen atoms in total. The smallest absolute Gasteiger partial charge is 0.270 e. The number of hydrogen-bond donors (Lipinski definition) is 0. The first-order valence-corrected chi connectivity index (χ1v) is 11.3. The van der Waals surface area contributed by atoms with Crippen molar-refractivity contribution in [2.24, 2.45) is 0 Å². The minimum absolute atomic E-state index is 0.112. The minimum atomic E-state index is -0.489. The first kappa shape index (κ1) is 25.1. The van der Waals surface area contributed by atoms with Crippen LogP contribution in [0.3, 0.4) is 0 Å². The van der Waals surface area contributed by atoms with Gasteiger partial charge < -0.3 is 9.47 Å². The summed E-state index contributed by atoms with van der Waals surface area (Å²) < 4.78 is 11.9. The highest BCUT2D eigenvalue weighted by atomic mass is 16.6. The van der Waals surface area contributed by atoms with Crippen LogP contribution in [0.5, 0.6) is 11.5 Å². The summed E-state index contributed by atoms with van der Waals surface area (Å²) in [6, 6.07) is 8.66. The molecule has 174 valence electrons. The van der Waals surface area contributed by atoms with E-state index in [4.69, 9.17) is 9.47 Å². The lowest BCUT2D eigenvalue weighted by Gasteiger charge is -2.15. The monoisotopic (exact) mass is 444 g/mol. The molecule has 2 aromatic rings. The summed E-state index contributed by atoms with van der Waals surface area (Å²) >= 11 is 0. The molecule has 0 unspecified atom stereocenters. The van der Waals surface area contributed by atoms with Gasteiger partial charge in [0.05, 0.1) is 23.1 Å². The van der Waals surface area contributed by atoms with E-state index in [2.05, 4.69) is 13.8 Å². The normalized spacial score (nSPS) is 10.7. The largest absolute Gasteiger partial charge is 0.493 e. The Hall–Kier alpha value is -3.16. The molecule has 2 rings (SSSR count). The van der Waals surface area contributed by atoms with Gasteiger partial charge in [-0.25, -0.2) is 0 Å². The SMILES string of the molecule is CCCCCCOc1ccc([N+](=O)[O-])cc1-c1cc([N+](=O)[O-])ccc1OCCCCCC. The number of nitro groups is 2. The first-order chi connectivity index (χ1) is 15.5. The molecule has 0 radical (unpaired) electrons. The van der Waals surface area contributed by atoms with E-state index in [-0.39, 0.29) is 11.4 Å². The molecule has 0 aliphatic rings. The lowest BCUT2D eigenvalue weighted by molar-refractivity contribution is -0.385. The quantitative estimate of drug-likeness (QED) is 0.165. The average Bonchev–Trinajstić information content (AvgIpc) is 2.78. The number of hydrogen-bond acceptors (Lipinski definition) is 6. The van der Waals surface area contributed by atoms with Crippen molar-refractivity contribution in [3.8, 4) is 22.6 Å². The molecule has 8 heteroatoms.